The molecule has 0 bridgehead atoms. The van der Waals surface area contributed by atoms with Crippen molar-refractivity contribution in [3.8, 4) is 5.75 Å². The summed E-state index contributed by atoms with van der Waals surface area (Å²) in [5.74, 6) is -0.223. The molecule has 0 fully saturated rings. The molecule has 6 nitrogen and oxygen atoms in total. The monoisotopic (exact) mass is 406 g/mol. The Hall–Kier alpha value is -2.41. The Kier molecular flexibility index (Phi) is 6.94. The number of hydrazone groups is 1. The Morgan fingerprint density at radius 2 is 1.96 bits per heavy atom. The number of nitrogens with one attached hydrogen (secondary N) is 1. The van der Waals surface area contributed by atoms with Crippen molar-refractivity contribution in [3.63, 3.8) is 0 Å². The topological polar surface area (TPSA) is 77.0 Å². The van der Waals surface area contributed by atoms with Crippen molar-refractivity contribution in [1.82, 2.24) is 5.43 Å². The molecule has 0 atom stereocenters. The Bertz CT molecular complexity index is 805. The number of carbonyl (C=O) groups is 2. The molecule has 25 heavy (non-hydrogen) atoms. The van der Waals surface area contributed by atoms with E-state index in [0.717, 1.165) is 15.2 Å². The maximum Gasteiger partial charge on any atom is 0.311 e. The van der Waals surface area contributed by atoms with E-state index in [1.54, 1.807) is 19.9 Å². The number of benzene rings is 2. The van der Waals surface area contributed by atoms with Gasteiger partial charge in [0, 0.05) is 5.71 Å². The van der Waals surface area contributed by atoms with E-state index < -0.39 is 5.91 Å². The van der Waals surface area contributed by atoms with Crippen LogP contribution in [0.4, 0.5) is 0 Å². The molecule has 132 valence electrons. The van der Waals surface area contributed by atoms with Crippen molar-refractivity contribution >= 4 is 44.3 Å². The average Bonchev–Trinajstić information content (AvgIpc) is 2.60. The standard InChI is InChI=1S/C18H19BrN2O4/c1-3-24-17(23)10-12(2)20-21-16(22)11-25-15-9-8-13-6-4-5-7-14(13)18(15)19/h4-9H,3,10-11H2,1-2H3,(H,21,22)/b20-12+. The molecule has 0 aliphatic carbocycles. The zero-order valence-corrected chi connectivity index (χ0v) is 15.6. The highest BCUT2D eigenvalue weighted by Gasteiger charge is 2.09. The molecule has 2 rings (SSSR count). The molecule has 0 saturated carbocycles. The summed E-state index contributed by atoms with van der Waals surface area (Å²) in [6.07, 6.45) is 0.0329. The van der Waals surface area contributed by atoms with Crippen LogP contribution < -0.4 is 10.2 Å². The third-order valence-corrected chi connectivity index (χ3v) is 4.08. The normalized spacial score (nSPS) is 11.2. The fourth-order valence-electron chi connectivity index (χ4n) is 2.12. The van der Waals surface area contributed by atoms with Crippen LogP contribution in [0.25, 0.3) is 10.8 Å². The van der Waals surface area contributed by atoms with Gasteiger partial charge in [0.25, 0.3) is 5.91 Å². The van der Waals surface area contributed by atoms with Gasteiger partial charge in [-0.3, -0.25) is 9.59 Å². The van der Waals surface area contributed by atoms with Crippen molar-refractivity contribution < 1.29 is 19.1 Å². The quantitative estimate of drug-likeness (QED) is 0.434. The minimum atomic E-state index is -0.414. The van der Waals surface area contributed by atoms with Crippen molar-refractivity contribution in [2.24, 2.45) is 5.10 Å². The number of amides is 1. The number of nitrogens with zero attached hydrogens (tertiary/aromatic N) is 1. The fraction of sp³-hybridized carbons (Fsp3) is 0.278. The number of halogens is 1. The largest absolute Gasteiger partial charge is 0.483 e. The lowest BCUT2D eigenvalue weighted by molar-refractivity contribution is -0.141. The first kappa shape index (κ1) is 18.9. The van der Waals surface area contributed by atoms with E-state index in [4.69, 9.17) is 9.47 Å². The van der Waals surface area contributed by atoms with E-state index in [9.17, 15) is 9.59 Å². The van der Waals surface area contributed by atoms with Crippen LogP contribution in [0.5, 0.6) is 5.75 Å². The van der Waals surface area contributed by atoms with Gasteiger partial charge in [0.05, 0.1) is 17.5 Å². The highest BCUT2D eigenvalue weighted by atomic mass is 79.9. The smallest absolute Gasteiger partial charge is 0.311 e. The number of hydrogen-bond acceptors (Lipinski definition) is 5. The van der Waals surface area contributed by atoms with Crippen molar-refractivity contribution in [2.45, 2.75) is 20.3 Å². The van der Waals surface area contributed by atoms with Crippen molar-refractivity contribution in [2.75, 3.05) is 13.2 Å². The Morgan fingerprint density at radius 3 is 2.72 bits per heavy atom. The molecule has 1 amide bonds. The van der Waals surface area contributed by atoms with Gasteiger partial charge < -0.3 is 9.47 Å². The van der Waals surface area contributed by atoms with E-state index in [0.29, 0.717) is 18.1 Å². The third-order valence-electron chi connectivity index (χ3n) is 3.26. The van der Waals surface area contributed by atoms with E-state index in [2.05, 4.69) is 26.5 Å². The first-order chi connectivity index (χ1) is 12.0. The molecule has 0 aliphatic heterocycles. The molecule has 0 aromatic heterocycles. The molecular weight excluding hydrogens is 388 g/mol. The lowest BCUT2D eigenvalue weighted by Gasteiger charge is -2.10. The summed E-state index contributed by atoms with van der Waals surface area (Å²) in [6.45, 7) is 3.49. The van der Waals surface area contributed by atoms with E-state index >= 15 is 0 Å². The van der Waals surface area contributed by atoms with Crippen molar-refractivity contribution in [3.05, 3.63) is 40.9 Å². The molecule has 7 heteroatoms. The van der Waals surface area contributed by atoms with Crippen LogP contribution in [-0.4, -0.2) is 30.8 Å². The molecule has 2 aromatic rings. The molecule has 2 aromatic carbocycles. The van der Waals surface area contributed by atoms with Crippen LogP contribution in [0.2, 0.25) is 0 Å². The van der Waals surface area contributed by atoms with Gasteiger partial charge >= 0.3 is 5.97 Å². The van der Waals surface area contributed by atoms with E-state index in [1.807, 2.05) is 30.3 Å². The second-order valence-corrected chi connectivity index (χ2v) is 6.04. The van der Waals surface area contributed by atoms with Gasteiger partial charge in [-0.1, -0.05) is 30.3 Å². The molecule has 0 radical (unpaired) electrons. The first-order valence-electron chi connectivity index (χ1n) is 7.79. The number of esters is 1. The molecule has 1 N–H and O–H groups in total. The molecule has 0 heterocycles. The summed E-state index contributed by atoms with van der Waals surface area (Å²) >= 11 is 3.50. The highest BCUT2D eigenvalue weighted by molar-refractivity contribution is 9.10. The second-order valence-electron chi connectivity index (χ2n) is 5.25. The summed E-state index contributed by atoms with van der Waals surface area (Å²) in [5.41, 5.74) is 2.81. The number of hydrogen-bond donors (Lipinski definition) is 1. The Morgan fingerprint density at radius 1 is 1.20 bits per heavy atom. The number of carbonyl (C=O) groups excluding carboxylic acids is 2. The molecule has 0 spiro atoms. The number of rotatable bonds is 7. The van der Waals surface area contributed by atoms with Gasteiger partial charge in [-0.25, -0.2) is 5.43 Å². The van der Waals surface area contributed by atoms with Gasteiger partial charge in [0.2, 0.25) is 0 Å². The summed E-state index contributed by atoms with van der Waals surface area (Å²) in [7, 11) is 0. The van der Waals surface area contributed by atoms with E-state index in [1.165, 1.54) is 0 Å². The molecular formula is C18H19BrN2O4. The van der Waals surface area contributed by atoms with Gasteiger partial charge in [-0.2, -0.15) is 5.10 Å². The van der Waals surface area contributed by atoms with Gasteiger partial charge in [0.1, 0.15) is 5.75 Å². The number of fused-ring (bicyclic) bond motifs is 1. The van der Waals surface area contributed by atoms with Crippen LogP contribution >= 0.6 is 15.9 Å². The summed E-state index contributed by atoms with van der Waals surface area (Å²) in [4.78, 5) is 23.1. The lowest BCUT2D eigenvalue weighted by atomic mass is 10.1. The Labute approximate surface area is 154 Å². The van der Waals surface area contributed by atoms with Crippen LogP contribution in [0, 0.1) is 0 Å². The number of ether oxygens (including phenoxy) is 2. The SMILES string of the molecule is CCOC(=O)C/C(C)=N/NC(=O)COc1ccc2ccccc2c1Br. The van der Waals surface area contributed by atoms with Crippen LogP contribution in [0.1, 0.15) is 20.3 Å². The van der Waals surface area contributed by atoms with Crippen molar-refractivity contribution in [1.29, 1.82) is 0 Å². The predicted molar refractivity (Wildman–Crippen MR) is 99.6 cm³/mol. The summed E-state index contributed by atoms with van der Waals surface area (Å²) in [5, 5.41) is 5.93. The second kappa shape index (κ2) is 9.17. The minimum Gasteiger partial charge on any atom is -0.483 e. The zero-order chi connectivity index (χ0) is 18.2. The minimum absolute atomic E-state index is 0.0329. The lowest BCUT2D eigenvalue weighted by Crippen LogP contribution is -2.26. The Balaban J connectivity index is 1.90. The average molecular weight is 407 g/mol. The summed E-state index contributed by atoms with van der Waals surface area (Å²) in [6, 6.07) is 11.6. The highest BCUT2D eigenvalue weighted by Crippen LogP contribution is 2.32. The zero-order valence-electron chi connectivity index (χ0n) is 14.0. The molecule has 0 unspecified atom stereocenters. The summed E-state index contributed by atoms with van der Waals surface area (Å²) < 4.78 is 11.1. The third kappa shape index (κ3) is 5.56. The first-order valence-corrected chi connectivity index (χ1v) is 8.58. The maximum atomic E-state index is 11.8. The predicted octanol–water partition coefficient (Wildman–Crippen LogP) is 3.43. The van der Waals surface area contributed by atoms with E-state index in [-0.39, 0.29) is 19.0 Å². The fourth-order valence-corrected chi connectivity index (χ4v) is 2.73. The van der Waals surface area contributed by atoms with Crippen LogP contribution in [0.3, 0.4) is 0 Å². The van der Waals surface area contributed by atoms with Crippen LogP contribution in [0.15, 0.2) is 46.0 Å². The maximum absolute atomic E-state index is 11.8. The van der Waals surface area contributed by atoms with Crippen LogP contribution in [-0.2, 0) is 14.3 Å². The van der Waals surface area contributed by atoms with Gasteiger partial charge in [-0.05, 0) is 46.6 Å². The molecule has 0 saturated heterocycles. The molecule has 0 aliphatic rings. The van der Waals surface area contributed by atoms with Gasteiger partial charge in [-0.15, -0.1) is 0 Å². The van der Waals surface area contributed by atoms with Gasteiger partial charge in [0.15, 0.2) is 6.61 Å².